The molecule has 0 aromatic heterocycles. The van der Waals surface area contributed by atoms with Crippen LogP contribution < -0.4 is 5.73 Å². The highest BCUT2D eigenvalue weighted by atomic mass is 32.2. The summed E-state index contributed by atoms with van der Waals surface area (Å²) >= 11 is 0. The van der Waals surface area contributed by atoms with Gasteiger partial charge < -0.3 is 5.73 Å². The van der Waals surface area contributed by atoms with E-state index in [0.29, 0.717) is 5.69 Å². The molecule has 1 aromatic carbocycles. The molecule has 0 unspecified atom stereocenters. The van der Waals surface area contributed by atoms with Gasteiger partial charge in [-0.1, -0.05) is 0 Å². The van der Waals surface area contributed by atoms with Crippen LogP contribution in [0.2, 0.25) is 0 Å². The Morgan fingerprint density at radius 3 is 2.15 bits per heavy atom. The lowest BCUT2D eigenvalue weighted by atomic mass is 10.1. The van der Waals surface area contributed by atoms with Crippen LogP contribution in [0, 0.1) is 13.8 Å². The van der Waals surface area contributed by atoms with Crippen LogP contribution in [0.25, 0.3) is 0 Å². The van der Waals surface area contributed by atoms with Crippen molar-refractivity contribution in [3.8, 4) is 0 Å². The lowest BCUT2D eigenvalue weighted by Gasteiger charge is -2.06. The van der Waals surface area contributed by atoms with Gasteiger partial charge in [0.2, 0.25) is 0 Å². The van der Waals surface area contributed by atoms with Gasteiger partial charge in [-0.25, -0.2) is 8.42 Å². The quantitative estimate of drug-likeness (QED) is 0.693. The zero-order valence-electron chi connectivity index (χ0n) is 7.96. The van der Waals surface area contributed by atoms with Crippen LogP contribution in [0.4, 0.5) is 5.69 Å². The zero-order chi connectivity index (χ0) is 10.2. The van der Waals surface area contributed by atoms with Gasteiger partial charge in [0.25, 0.3) is 0 Å². The van der Waals surface area contributed by atoms with E-state index in [4.69, 9.17) is 5.73 Å². The summed E-state index contributed by atoms with van der Waals surface area (Å²) in [5, 5.41) is 0. The van der Waals surface area contributed by atoms with Crippen LogP contribution in [-0.2, 0) is 9.84 Å². The van der Waals surface area contributed by atoms with E-state index < -0.39 is 9.84 Å². The number of hydrogen-bond donors (Lipinski definition) is 1. The summed E-state index contributed by atoms with van der Waals surface area (Å²) < 4.78 is 22.4. The van der Waals surface area contributed by atoms with Crippen molar-refractivity contribution in [3.05, 3.63) is 23.3 Å². The first-order valence-electron chi connectivity index (χ1n) is 3.89. The maximum Gasteiger partial charge on any atom is 0.175 e. The first kappa shape index (κ1) is 10.1. The predicted octanol–water partition coefficient (Wildman–Crippen LogP) is 1.29. The number of rotatable bonds is 1. The molecule has 0 spiro atoms. The predicted molar refractivity (Wildman–Crippen MR) is 53.4 cm³/mol. The number of aryl methyl sites for hydroxylation is 1. The molecule has 0 saturated carbocycles. The van der Waals surface area contributed by atoms with Gasteiger partial charge in [0.05, 0.1) is 4.90 Å². The SMILES string of the molecule is Cc1cc(S(C)(=O)=O)cc(N)c1C. The molecule has 1 rings (SSSR count). The fourth-order valence-corrected chi connectivity index (χ4v) is 1.80. The summed E-state index contributed by atoms with van der Waals surface area (Å²) in [5.41, 5.74) is 8.02. The number of nitrogen functional groups attached to an aromatic ring is 1. The second-order valence-corrected chi connectivity index (χ2v) is 5.24. The molecule has 0 aliphatic rings. The van der Waals surface area contributed by atoms with Crippen molar-refractivity contribution in [2.24, 2.45) is 0 Å². The standard InChI is InChI=1S/C9H13NO2S/c1-6-4-8(13(3,11)12)5-9(10)7(6)2/h4-5H,10H2,1-3H3. The van der Waals surface area contributed by atoms with Crippen molar-refractivity contribution in [3.63, 3.8) is 0 Å². The molecule has 1 aromatic rings. The van der Waals surface area contributed by atoms with Gasteiger partial charge >= 0.3 is 0 Å². The molecular formula is C9H13NO2S. The Bertz CT molecular complexity index is 412. The molecule has 0 radical (unpaired) electrons. The van der Waals surface area contributed by atoms with Crippen LogP contribution in [0.15, 0.2) is 17.0 Å². The minimum atomic E-state index is -3.14. The molecule has 0 aliphatic heterocycles. The second-order valence-electron chi connectivity index (χ2n) is 3.23. The Morgan fingerprint density at radius 1 is 1.23 bits per heavy atom. The molecule has 72 valence electrons. The third-order valence-electron chi connectivity index (χ3n) is 2.11. The second kappa shape index (κ2) is 3.03. The number of anilines is 1. The van der Waals surface area contributed by atoms with Gasteiger partial charge in [0.1, 0.15) is 0 Å². The molecule has 13 heavy (non-hydrogen) atoms. The highest BCUT2D eigenvalue weighted by Gasteiger charge is 2.09. The van der Waals surface area contributed by atoms with Crippen molar-refractivity contribution >= 4 is 15.5 Å². The van der Waals surface area contributed by atoms with Crippen LogP contribution in [0.1, 0.15) is 11.1 Å². The maximum absolute atomic E-state index is 11.2. The molecule has 0 saturated heterocycles. The number of benzene rings is 1. The minimum Gasteiger partial charge on any atom is -0.398 e. The van der Waals surface area contributed by atoms with E-state index in [1.165, 1.54) is 12.3 Å². The fraction of sp³-hybridized carbons (Fsp3) is 0.333. The Balaban J connectivity index is 3.47. The molecule has 0 bridgehead atoms. The summed E-state index contributed by atoms with van der Waals surface area (Å²) in [7, 11) is -3.14. The molecule has 0 aliphatic carbocycles. The summed E-state index contributed by atoms with van der Waals surface area (Å²) in [5.74, 6) is 0. The lowest BCUT2D eigenvalue weighted by Crippen LogP contribution is -2.01. The lowest BCUT2D eigenvalue weighted by molar-refractivity contribution is 0.602. The minimum absolute atomic E-state index is 0.285. The van der Waals surface area contributed by atoms with Crippen LogP contribution in [0.3, 0.4) is 0 Å². The van der Waals surface area contributed by atoms with E-state index in [9.17, 15) is 8.42 Å². The Kier molecular flexibility index (Phi) is 2.34. The summed E-state index contributed by atoms with van der Waals surface area (Å²) in [6.07, 6.45) is 1.18. The van der Waals surface area contributed by atoms with Crippen molar-refractivity contribution in [1.82, 2.24) is 0 Å². The Labute approximate surface area is 78.5 Å². The molecule has 0 heterocycles. The molecule has 2 N–H and O–H groups in total. The van der Waals surface area contributed by atoms with Crippen LogP contribution >= 0.6 is 0 Å². The molecule has 4 heteroatoms. The van der Waals surface area contributed by atoms with E-state index >= 15 is 0 Å². The first-order chi connectivity index (χ1) is 5.82. The smallest absolute Gasteiger partial charge is 0.175 e. The largest absolute Gasteiger partial charge is 0.398 e. The van der Waals surface area contributed by atoms with E-state index in [1.54, 1.807) is 6.07 Å². The fourth-order valence-electron chi connectivity index (χ4n) is 1.07. The average molecular weight is 199 g/mol. The van der Waals surface area contributed by atoms with Gasteiger partial charge in [-0.3, -0.25) is 0 Å². The number of hydrogen-bond acceptors (Lipinski definition) is 3. The van der Waals surface area contributed by atoms with Crippen LogP contribution in [-0.4, -0.2) is 14.7 Å². The topological polar surface area (TPSA) is 60.2 Å². The van der Waals surface area contributed by atoms with Crippen LogP contribution in [0.5, 0.6) is 0 Å². The average Bonchev–Trinajstić information content (AvgIpc) is 1.97. The van der Waals surface area contributed by atoms with Gasteiger partial charge in [-0.2, -0.15) is 0 Å². The van der Waals surface area contributed by atoms with E-state index in [-0.39, 0.29) is 4.90 Å². The van der Waals surface area contributed by atoms with Gasteiger partial charge in [0, 0.05) is 11.9 Å². The van der Waals surface area contributed by atoms with Crippen molar-refractivity contribution in [2.75, 3.05) is 12.0 Å². The highest BCUT2D eigenvalue weighted by molar-refractivity contribution is 7.90. The van der Waals surface area contributed by atoms with E-state index in [2.05, 4.69) is 0 Å². The van der Waals surface area contributed by atoms with Crippen molar-refractivity contribution in [1.29, 1.82) is 0 Å². The van der Waals surface area contributed by atoms with E-state index in [1.807, 2.05) is 13.8 Å². The number of nitrogens with two attached hydrogens (primary N) is 1. The van der Waals surface area contributed by atoms with Gasteiger partial charge in [-0.15, -0.1) is 0 Å². The van der Waals surface area contributed by atoms with E-state index in [0.717, 1.165) is 11.1 Å². The molecule has 0 atom stereocenters. The van der Waals surface area contributed by atoms with Gasteiger partial charge in [-0.05, 0) is 37.1 Å². The third-order valence-corrected chi connectivity index (χ3v) is 3.20. The number of sulfone groups is 1. The molecule has 3 nitrogen and oxygen atoms in total. The van der Waals surface area contributed by atoms with Crippen molar-refractivity contribution < 1.29 is 8.42 Å². The maximum atomic E-state index is 11.2. The molecule has 0 fully saturated rings. The molecular weight excluding hydrogens is 186 g/mol. The monoisotopic (exact) mass is 199 g/mol. The normalized spacial score (nSPS) is 11.6. The molecule has 0 amide bonds. The first-order valence-corrected chi connectivity index (χ1v) is 5.78. The zero-order valence-corrected chi connectivity index (χ0v) is 8.77. The Hall–Kier alpha value is -1.03. The third kappa shape index (κ3) is 2.01. The summed E-state index contributed by atoms with van der Waals surface area (Å²) in [6.45, 7) is 3.72. The summed E-state index contributed by atoms with van der Waals surface area (Å²) in [6, 6.07) is 3.14. The highest BCUT2D eigenvalue weighted by Crippen LogP contribution is 2.21. The van der Waals surface area contributed by atoms with Gasteiger partial charge in [0.15, 0.2) is 9.84 Å². The Morgan fingerprint density at radius 2 is 1.77 bits per heavy atom. The van der Waals surface area contributed by atoms with Crippen molar-refractivity contribution in [2.45, 2.75) is 18.7 Å². The summed E-state index contributed by atoms with van der Waals surface area (Å²) in [4.78, 5) is 0.285.